The minimum Gasteiger partial charge on any atom is -0.489 e. The van der Waals surface area contributed by atoms with Gasteiger partial charge in [0.25, 0.3) is 0 Å². The molecule has 0 radical (unpaired) electrons. The van der Waals surface area contributed by atoms with E-state index in [1.54, 1.807) is 0 Å². The van der Waals surface area contributed by atoms with Gasteiger partial charge in [-0.3, -0.25) is 9.59 Å². The van der Waals surface area contributed by atoms with Crippen molar-refractivity contribution in [3.63, 3.8) is 0 Å². The lowest BCUT2D eigenvalue weighted by molar-refractivity contribution is -0.145. The Bertz CT molecular complexity index is 1240. The van der Waals surface area contributed by atoms with E-state index in [-0.39, 0.29) is 23.8 Å². The third kappa shape index (κ3) is 10.1. The maximum Gasteiger partial charge on any atom is 0.328 e. The van der Waals surface area contributed by atoms with Gasteiger partial charge in [-0.15, -0.1) is 0 Å². The minimum absolute atomic E-state index is 0.0757. The van der Waals surface area contributed by atoms with Crippen LogP contribution in [-0.2, 0) is 38.6 Å². The number of esters is 1. The molecule has 0 heterocycles. The van der Waals surface area contributed by atoms with Crippen LogP contribution in [0.1, 0.15) is 55.2 Å². The standard InChI is InChI=1S/C34H40N2O5/c1-40-34(39)31(22-26-14-19-30(20-15-26)41-24-28-10-6-3-7-11-28)36-33(38)23-27-12-17-29(18-13-27)35-32(37)21-16-25-8-4-2-5-9-25/h2-11,14-15,19-20,27,29,31H,12-13,16-18,21-24H2,1H3,(H,35,37)(H,36,38)/t27-,29-,31-/m0/s1. The monoisotopic (exact) mass is 556 g/mol. The van der Waals surface area contributed by atoms with Crippen LogP contribution in [0.25, 0.3) is 0 Å². The Morgan fingerprint density at radius 1 is 0.780 bits per heavy atom. The van der Waals surface area contributed by atoms with E-state index in [9.17, 15) is 14.4 Å². The molecule has 3 aromatic carbocycles. The van der Waals surface area contributed by atoms with Crippen LogP contribution in [0.2, 0.25) is 0 Å². The SMILES string of the molecule is COC(=O)[C@H](Cc1ccc(OCc2ccccc2)cc1)NC(=O)C[C@H]1CC[C@H](NC(=O)CCc2ccccc2)CC1. The summed E-state index contributed by atoms with van der Waals surface area (Å²) < 4.78 is 10.8. The first-order chi connectivity index (χ1) is 20.0. The van der Waals surface area contributed by atoms with Gasteiger partial charge >= 0.3 is 5.97 Å². The van der Waals surface area contributed by atoms with E-state index in [1.807, 2.05) is 84.9 Å². The van der Waals surface area contributed by atoms with Crippen molar-refractivity contribution >= 4 is 17.8 Å². The Hall–Kier alpha value is -4.13. The molecule has 0 aliphatic heterocycles. The van der Waals surface area contributed by atoms with E-state index in [4.69, 9.17) is 9.47 Å². The van der Waals surface area contributed by atoms with Crippen LogP contribution in [0.4, 0.5) is 0 Å². The summed E-state index contributed by atoms with van der Waals surface area (Å²) in [5, 5.41) is 6.04. The number of aryl methyl sites for hydroxylation is 1. The Labute approximate surface area is 242 Å². The third-order valence-electron chi connectivity index (χ3n) is 7.60. The molecule has 0 unspecified atom stereocenters. The highest BCUT2D eigenvalue weighted by Gasteiger charge is 2.27. The largest absolute Gasteiger partial charge is 0.489 e. The lowest BCUT2D eigenvalue weighted by atomic mass is 9.83. The van der Waals surface area contributed by atoms with Crippen molar-refractivity contribution in [3.8, 4) is 5.75 Å². The summed E-state index contributed by atoms with van der Waals surface area (Å²) in [5.74, 6) is 0.418. The zero-order valence-corrected chi connectivity index (χ0v) is 23.7. The fourth-order valence-electron chi connectivity index (χ4n) is 5.26. The fourth-order valence-corrected chi connectivity index (χ4v) is 5.26. The molecule has 216 valence electrons. The molecular weight excluding hydrogens is 516 g/mol. The number of carbonyl (C=O) groups excluding carboxylic acids is 3. The summed E-state index contributed by atoms with van der Waals surface area (Å²) in [6, 6.07) is 26.9. The smallest absolute Gasteiger partial charge is 0.328 e. The van der Waals surface area contributed by atoms with Gasteiger partial charge < -0.3 is 20.1 Å². The molecule has 1 fully saturated rings. The first-order valence-electron chi connectivity index (χ1n) is 14.4. The second-order valence-electron chi connectivity index (χ2n) is 10.7. The van der Waals surface area contributed by atoms with Crippen LogP contribution in [0, 0.1) is 5.92 Å². The second kappa shape index (κ2) is 15.6. The van der Waals surface area contributed by atoms with Gasteiger partial charge in [-0.2, -0.15) is 0 Å². The van der Waals surface area contributed by atoms with Crippen LogP contribution in [-0.4, -0.2) is 37.0 Å². The van der Waals surface area contributed by atoms with Crippen LogP contribution in [0.15, 0.2) is 84.9 Å². The molecule has 4 rings (SSSR count). The lowest BCUT2D eigenvalue weighted by Gasteiger charge is -2.29. The Morgan fingerprint density at radius 2 is 1.41 bits per heavy atom. The van der Waals surface area contributed by atoms with E-state index in [0.29, 0.717) is 25.9 Å². The van der Waals surface area contributed by atoms with Crippen LogP contribution >= 0.6 is 0 Å². The molecule has 1 aliphatic rings. The number of methoxy groups -OCH3 is 1. The number of ether oxygens (including phenoxy) is 2. The zero-order chi connectivity index (χ0) is 28.9. The van der Waals surface area contributed by atoms with Crippen molar-refractivity contribution in [2.75, 3.05) is 7.11 Å². The van der Waals surface area contributed by atoms with Crippen molar-refractivity contribution in [2.24, 2.45) is 5.92 Å². The number of nitrogens with one attached hydrogen (secondary N) is 2. The minimum atomic E-state index is -0.760. The number of hydrogen-bond donors (Lipinski definition) is 2. The number of rotatable bonds is 13. The maximum absolute atomic E-state index is 12.9. The number of benzene rings is 3. The molecule has 7 heteroatoms. The normalized spacial score (nSPS) is 17.2. The summed E-state index contributed by atoms with van der Waals surface area (Å²) in [5.41, 5.74) is 3.14. The fraction of sp³-hybridized carbons (Fsp3) is 0.382. The Morgan fingerprint density at radius 3 is 2.05 bits per heavy atom. The predicted octanol–water partition coefficient (Wildman–Crippen LogP) is 5.16. The summed E-state index contributed by atoms with van der Waals surface area (Å²) >= 11 is 0. The van der Waals surface area contributed by atoms with Crippen molar-refractivity contribution in [3.05, 3.63) is 102 Å². The summed E-state index contributed by atoms with van der Waals surface area (Å²) in [4.78, 5) is 37.7. The first kappa shape index (κ1) is 29.8. The molecule has 0 aromatic heterocycles. The van der Waals surface area contributed by atoms with Gasteiger partial charge in [-0.05, 0) is 66.8 Å². The highest BCUT2D eigenvalue weighted by Crippen LogP contribution is 2.27. The quantitative estimate of drug-likeness (QED) is 0.284. The van der Waals surface area contributed by atoms with Gasteiger partial charge in [-0.25, -0.2) is 4.79 Å². The van der Waals surface area contributed by atoms with Crippen molar-refractivity contribution in [1.82, 2.24) is 10.6 Å². The average Bonchev–Trinajstić information content (AvgIpc) is 3.01. The Kier molecular flexibility index (Phi) is 11.4. The second-order valence-corrected chi connectivity index (χ2v) is 10.7. The van der Waals surface area contributed by atoms with E-state index in [0.717, 1.165) is 54.5 Å². The maximum atomic E-state index is 12.9. The lowest BCUT2D eigenvalue weighted by Crippen LogP contribution is -2.44. The van der Waals surface area contributed by atoms with E-state index in [2.05, 4.69) is 10.6 Å². The molecule has 0 saturated heterocycles. The molecule has 2 N–H and O–H groups in total. The molecule has 0 spiro atoms. The van der Waals surface area contributed by atoms with Gasteiger partial charge in [0, 0.05) is 25.3 Å². The number of carbonyl (C=O) groups is 3. The summed E-state index contributed by atoms with van der Waals surface area (Å²) in [6.45, 7) is 0.476. The van der Waals surface area contributed by atoms with E-state index in [1.165, 1.54) is 7.11 Å². The molecule has 0 bridgehead atoms. The average molecular weight is 557 g/mol. The van der Waals surface area contributed by atoms with E-state index >= 15 is 0 Å². The van der Waals surface area contributed by atoms with Crippen molar-refractivity contribution < 1.29 is 23.9 Å². The molecular formula is C34H40N2O5. The molecule has 3 aromatic rings. The number of amides is 2. The third-order valence-corrected chi connectivity index (χ3v) is 7.60. The van der Waals surface area contributed by atoms with Crippen LogP contribution < -0.4 is 15.4 Å². The highest BCUT2D eigenvalue weighted by molar-refractivity contribution is 5.84. The van der Waals surface area contributed by atoms with Crippen molar-refractivity contribution in [2.45, 2.75) is 70.1 Å². The highest BCUT2D eigenvalue weighted by atomic mass is 16.5. The van der Waals surface area contributed by atoms with Gasteiger partial charge in [0.1, 0.15) is 18.4 Å². The summed E-state index contributed by atoms with van der Waals surface area (Å²) in [6.07, 6.45) is 5.34. The van der Waals surface area contributed by atoms with Gasteiger partial charge in [-0.1, -0.05) is 72.8 Å². The molecule has 1 aliphatic carbocycles. The topological polar surface area (TPSA) is 93.7 Å². The van der Waals surface area contributed by atoms with E-state index < -0.39 is 12.0 Å². The van der Waals surface area contributed by atoms with Gasteiger partial charge in [0.2, 0.25) is 11.8 Å². The zero-order valence-electron chi connectivity index (χ0n) is 23.7. The van der Waals surface area contributed by atoms with Gasteiger partial charge in [0.15, 0.2) is 0 Å². The summed E-state index contributed by atoms with van der Waals surface area (Å²) in [7, 11) is 1.33. The Balaban J connectivity index is 1.18. The van der Waals surface area contributed by atoms with Crippen LogP contribution in [0.5, 0.6) is 5.75 Å². The molecule has 41 heavy (non-hydrogen) atoms. The number of hydrogen-bond acceptors (Lipinski definition) is 5. The first-order valence-corrected chi connectivity index (χ1v) is 14.4. The molecule has 2 amide bonds. The molecule has 1 saturated carbocycles. The molecule has 1 atom stereocenters. The molecule has 7 nitrogen and oxygen atoms in total. The van der Waals surface area contributed by atoms with Crippen molar-refractivity contribution in [1.29, 1.82) is 0 Å². The predicted molar refractivity (Wildman–Crippen MR) is 158 cm³/mol. The van der Waals surface area contributed by atoms with Crippen LogP contribution in [0.3, 0.4) is 0 Å². The van der Waals surface area contributed by atoms with Gasteiger partial charge in [0.05, 0.1) is 7.11 Å².